The zero-order valence-corrected chi connectivity index (χ0v) is 12.1. The lowest BCUT2D eigenvalue weighted by atomic mass is 10.3. The van der Waals surface area contributed by atoms with E-state index in [1.165, 1.54) is 11.3 Å². The Morgan fingerprint density at radius 2 is 2.05 bits per heavy atom. The highest BCUT2D eigenvalue weighted by Crippen LogP contribution is 2.33. The van der Waals surface area contributed by atoms with Crippen molar-refractivity contribution in [3.8, 4) is 10.8 Å². The number of nitrogen functional groups attached to an aromatic ring is 1. The molecule has 7 heteroatoms. The molecular weight excluding hydrogens is 280 g/mol. The summed E-state index contributed by atoms with van der Waals surface area (Å²) in [6, 6.07) is 0. The zero-order valence-electron chi connectivity index (χ0n) is 10.5. The Morgan fingerprint density at radius 3 is 2.68 bits per heavy atom. The highest BCUT2D eigenvalue weighted by atomic mass is 32.1. The number of nitrogens with two attached hydrogens (primary N) is 1. The van der Waals surface area contributed by atoms with E-state index in [-0.39, 0.29) is 0 Å². The number of aryl methyl sites for hydroxylation is 2. The third-order valence-electron chi connectivity index (χ3n) is 2.66. The van der Waals surface area contributed by atoms with E-state index in [9.17, 15) is 0 Å². The van der Waals surface area contributed by atoms with Crippen LogP contribution in [0.1, 0.15) is 22.1 Å². The zero-order chi connectivity index (χ0) is 13.4. The standard InChI is InChI=1S/C12H12N4OS2/c1-6-4-19-11(10(6)13)12-15-8(16-17-12)3-9-14-7(2)5-18-9/h4-5H,3,13H2,1-2H3. The number of thiophene rings is 1. The molecule has 0 saturated carbocycles. The first-order valence-corrected chi connectivity index (χ1v) is 7.47. The minimum atomic E-state index is 0.485. The van der Waals surface area contributed by atoms with Crippen molar-refractivity contribution in [3.05, 3.63) is 32.8 Å². The second-order valence-electron chi connectivity index (χ2n) is 4.24. The molecule has 3 heterocycles. The molecule has 0 aromatic carbocycles. The van der Waals surface area contributed by atoms with Crippen molar-refractivity contribution in [2.24, 2.45) is 0 Å². The van der Waals surface area contributed by atoms with Gasteiger partial charge in [-0.25, -0.2) is 4.98 Å². The monoisotopic (exact) mass is 292 g/mol. The third-order valence-corrected chi connectivity index (χ3v) is 4.73. The van der Waals surface area contributed by atoms with Crippen LogP contribution in [0.4, 0.5) is 5.69 Å². The van der Waals surface area contributed by atoms with Gasteiger partial charge in [0.25, 0.3) is 5.89 Å². The van der Waals surface area contributed by atoms with Crippen LogP contribution in [0.5, 0.6) is 0 Å². The van der Waals surface area contributed by atoms with E-state index >= 15 is 0 Å². The van der Waals surface area contributed by atoms with E-state index in [1.54, 1.807) is 11.3 Å². The highest BCUT2D eigenvalue weighted by Gasteiger charge is 2.15. The first-order valence-electron chi connectivity index (χ1n) is 5.71. The van der Waals surface area contributed by atoms with Gasteiger partial charge in [-0.05, 0) is 24.8 Å². The van der Waals surface area contributed by atoms with E-state index < -0.39 is 0 Å². The van der Waals surface area contributed by atoms with Crippen molar-refractivity contribution < 1.29 is 4.52 Å². The molecule has 0 radical (unpaired) electrons. The molecule has 0 aliphatic rings. The molecule has 0 amide bonds. The number of thiazole rings is 1. The molecular formula is C12H12N4OS2. The summed E-state index contributed by atoms with van der Waals surface area (Å²) in [4.78, 5) is 9.60. The summed E-state index contributed by atoms with van der Waals surface area (Å²) >= 11 is 3.12. The van der Waals surface area contributed by atoms with E-state index in [4.69, 9.17) is 10.3 Å². The van der Waals surface area contributed by atoms with Gasteiger partial charge in [0.15, 0.2) is 5.82 Å². The van der Waals surface area contributed by atoms with Gasteiger partial charge in [-0.3, -0.25) is 0 Å². The smallest absolute Gasteiger partial charge is 0.270 e. The molecule has 0 spiro atoms. The fourth-order valence-electron chi connectivity index (χ4n) is 1.66. The normalized spacial score (nSPS) is 11.1. The fraction of sp³-hybridized carbons (Fsp3) is 0.250. The maximum absolute atomic E-state index is 5.97. The number of anilines is 1. The molecule has 19 heavy (non-hydrogen) atoms. The van der Waals surface area contributed by atoms with Gasteiger partial charge in [0.2, 0.25) is 0 Å². The molecule has 3 rings (SSSR count). The first kappa shape index (κ1) is 12.3. The van der Waals surface area contributed by atoms with Crippen LogP contribution in [0.3, 0.4) is 0 Å². The van der Waals surface area contributed by atoms with Crippen molar-refractivity contribution in [1.82, 2.24) is 15.1 Å². The maximum atomic E-state index is 5.97. The van der Waals surface area contributed by atoms with Crippen LogP contribution in [0.15, 0.2) is 15.3 Å². The Hall–Kier alpha value is -1.73. The van der Waals surface area contributed by atoms with Gasteiger partial charge < -0.3 is 10.3 Å². The largest absolute Gasteiger partial charge is 0.397 e. The van der Waals surface area contributed by atoms with Crippen molar-refractivity contribution in [2.75, 3.05) is 5.73 Å². The first-order chi connectivity index (χ1) is 9.13. The molecule has 0 bridgehead atoms. The minimum Gasteiger partial charge on any atom is -0.397 e. The third kappa shape index (κ3) is 2.39. The summed E-state index contributed by atoms with van der Waals surface area (Å²) in [7, 11) is 0. The molecule has 0 aliphatic heterocycles. The molecule has 2 N–H and O–H groups in total. The van der Waals surface area contributed by atoms with Gasteiger partial charge in [-0.15, -0.1) is 22.7 Å². The van der Waals surface area contributed by atoms with E-state index in [1.807, 2.05) is 24.6 Å². The van der Waals surface area contributed by atoms with E-state index in [0.29, 0.717) is 23.8 Å². The van der Waals surface area contributed by atoms with Crippen LogP contribution in [0, 0.1) is 13.8 Å². The van der Waals surface area contributed by atoms with Crippen LogP contribution in [-0.2, 0) is 6.42 Å². The molecule has 0 unspecified atom stereocenters. The van der Waals surface area contributed by atoms with Crippen LogP contribution < -0.4 is 5.73 Å². The van der Waals surface area contributed by atoms with Crippen molar-refractivity contribution in [2.45, 2.75) is 20.3 Å². The maximum Gasteiger partial charge on any atom is 0.270 e. The van der Waals surface area contributed by atoms with Crippen molar-refractivity contribution >= 4 is 28.4 Å². The lowest BCUT2D eigenvalue weighted by molar-refractivity contribution is 0.425. The molecule has 3 aromatic heterocycles. The second-order valence-corrected chi connectivity index (χ2v) is 6.06. The Bertz CT molecular complexity index is 713. The molecule has 98 valence electrons. The predicted octanol–water partition coefficient (Wildman–Crippen LogP) is 3.04. The number of aromatic nitrogens is 3. The number of hydrogen-bond donors (Lipinski definition) is 1. The van der Waals surface area contributed by atoms with Crippen LogP contribution in [0.25, 0.3) is 10.8 Å². The van der Waals surface area contributed by atoms with Gasteiger partial charge in [-0.1, -0.05) is 5.16 Å². The van der Waals surface area contributed by atoms with Crippen molar-refractivity contribution in [3.63, 3.8) is 0 Å². The average Bonchev–Trinajstić information content (AvgIpc) is 3.05. The quantitative estimate of drug-likeness (QED) is 0.802. The summed E-state index contributed by atoms with van der Waals surface area (Å²) in [6.07, 6.45) is 0.590. The molecule has 5 nitrogen and oxygen atoms in total. The van der Waals surface area contributed by atoms with Gasteiger partial charge in [0.1, 0.15) is 9.88 Å². The van der Waals surface area contributed by atoms with Crippen molar-refractivity contribution in [1.29, 1.82) is 0 Å². The lowest BCUT2D eigenvalue weighted by Gasteiger charge is -1.92. The summed E-state index contributed by atoms with van der Waals surface area (Å²) < 4.78 is 5.27. The van der Waals surface area contributed by atoms with Gasteiger partial charge in [0, 0.05) is 11.1 Å². The summed E-state index contributed by atoms with van der Waals surface area (Å²) in [5.41, 5.74) is 8.74. The SMILES string of the molecule is Cc1csc(Cc2noc(-c3scc(C)c3N)n2)n1. The van der Waals surface area contributed by atoms with Crippen LogP contribution in [-0.4, -0.2) is 15.1 Å². The van der Waals surface area contributed by atoms with Gasteiger partial charge >= 0.3 is 0 Å². The van der Waals surface area contributed by atoms with E-state index in [2.05, 4.69) is 15.1 Å². The minimum absolute atomic E-state index is 0.485. The highest BCUT2D eigenvalue weighted by molar-refractivity contribution is 7.14. The Morgan fingerprint density at radius 1 is 1.21 bits per heavy atom. The fourth-order valence-corrected chi connectivity index (χ4v) is 3.32. The number of nitrogens with zero attached hydrogens (tertiary/aromatic N) is 3. The van der Waals surface area contributed by atoms with Crippen LogP contribution in [0.2, 0.25) is 0 Å². The second kappa shape index (κ2) is 4.75. The number of rotatable bonds is 3. The average molecular weight is 292 g/mol. The molecule has 0 saturated heterocycles. The molecule has 0 atom stereocenters. The number of hydrogen-bond acceptors (Lipinski definition) is 7. The topological polar surface area (TPSA) is 77.8 Å². The van der Waals surface area contributed by atoms with Gasteiger partial charge in [-0.2, -0.15) is 4.98 Å². The van der Waals surface area contributed by atoms with Crippen LogP contribution >= 0.6 is 22.7 Å². The molecule has 0 fully saturated rings. The Labute approximate surface area is 118 Å². The molecule has 0 aliphatic carbocycles. The summed E-state index contributed by atoms with van der Waals surface area (Å²) in [5.74, 6) is 1.12. The predicted molar refractivity (Wildman–Crippen MR) is 76.4 cm³/mol. The summed E-state index contributed by atoms with van der Waals surface area (Å²) in [6.45, 7) is 3.93. The summed E-state index contributed by atoms with van der Waals surface area (Å²) in [5, 5.41) is 8.96. The molecule has 3 aromatic rings. The van der Waals surface area contributed by atoms with E-state index in [0.717, 1.165) is 21.1 Å². The Balaban J connectivity index is 1.85. The Kier molecular flexibility index (Phi) is 3.08. The lowest BCUT2D eigenvalue weighted by Crippen LogP contribution is -1.91. The van der Waals surface area contributed by atoms with Gasteiger partial charge in [0.05, 0.1) is 12.1 Å².